The summed E-state index contributed by atoms with van der Waals surface area (Å²) in [5.74, 6) is -0.338. The monoisotopic (exact) mass is 401 g/mol. The molecule has 0 aliphatic carbocycles. The van der Waals surface area contributed by atoms with Crippen LogP contribution in [-0.4, -0.2) is 26.2 Å². The molecule has 0 aromatic heterocycles. The zero-order valence-corrected chi connectivity index (χ0v) is 16.6. The Balaban J connectivity index is 1.98. The molecule has 1 fully saturated rings. The zero-order chi connectivity index (χ0) is 21.5. The zero-order valence-electron chi connectivity index (χ0n) is 16.6. The van der Waals surface area contributed by atoms with Crippen molar-refractivity contribution in [3.63, 3.8) is 0 Å². The molecule has 1 unspecified atom stereocenters. The highest BCUT2D eigenvalue weighted by Gasteiger charge is 2.67. The van der Waals surface area contributed by atoms with Gasteiger partial charge in [-0.2, -0.15) is 10.5 Å². The Morgan fingerprint density at radius 1 is 1.10 bits per heavy atom. The van der Waals surface area contributed by atoms with Crippen molar-refractivity contribution in [3.05, 3.63) is 65.4 Å². The molecular weight excluding hydrogens is 380 g/mol. The number of quaternary nitrogens is 1. The summed E-state index contributed by atoms with van der Waals surface area (Å²) in [5.41, 5.74) is 6.75. The van der Waals surface area contributed by atoms with E-state index in [1.54, 1.807) is 18.2 Å². The molecule has 2 aliphatic rings. The van der Waals surface area contributed by atoms with E-state index in [0.717, 1.165) is 11.1 Å². The normalized spacial score (nSPS) is 25.3. The predicted octanol–water partition coefficient (Wildman–Crippen LogP) is 1.30. The van der Waals surface area contributed by atoms with Gasteiger partial charge in [-0.3, -0.25) is 9.69 Å². The molecule has 30 heavy (non-hydrogen) atoms. The van der Waals surface area contributed by atoms with Gasteiger partial charge in [-0.25, -0.2) is 0 Å². The summed E-state index contributed by atoms with van der Waals surface area (Å²) in [6.45, 7) is 0. The van der Waals surface area contributed by atoms with Crippen molar-refractivity contribution in [2.45, 2.75) is 18.0 Å². The van der Waals surface area contributed by atoms with Crippen LogP contribution >= 0.6 is 0 Å². The molecule has 0 bridgehead atoms. The van der Waals surface area contributed by atoms with Gasteiger partial charge < -0.3 is 15.2 Å². The predicted molar refractivity (Wildman–Crippen MR) is 108 cm³/mol. The minimum atomic E-state index is -1.50. The second kappa shape index (κ2) is 7.22. The lowest BCUT2D eigenvalue weighted by Crippen LogP contribution is -3.12. The van der Waals surface area contributed by atoms with Crippen molar-refractivity contribution < 1.29 is 19.2 Å². The van der Waals surface area contributed by atoms with E-state index >= 15 is 0 Å². The van der Waals surface area contributed by atoms with Crippen LogP contribution in [0.4, 0.5) is 0 Å². The lowest BCUT2D eigenvalue weighted by molar-refractivity contribution is -0.885. The number of methoxy groups -OCH3 is 2. The number of carbonyl (C=O) groups is 1. The maximum Gasteiger partial charge on any atom is 0.276 e. The minimum Gasteiger partial charge on any atom is -0.493 e. The standard InChI is InChI=1S/C23H20N4O3/c1-29-17-8-7-15(11-18(17)30-2)19-20(22(26)28)27-10-9-14-5-3-4-6-16(14)21(27)23(19,12-24)13-25/h3-11,19-21H,1-2H3,(H2,26,28)/p+1/t19-,20+,21-/m1/s1. The van der Waals surface area contributed by atoms with Crippen LogP contribution in [-0.2, 0) is 4.79 Å². The Morgan fingerprint density at radius 3 is 2.43 bits per heavy atom. The van der Waals surface area contributed by atoms with Gasteiger partial charge in [0.25, 0.3) is 5.91 Å². The van der Waals surface area contributed by atoms with Gasteiger partial charge >= 0.3 is 0 Å². The molecule has 2 aromatic carbocycles. The number of nitriles is 2. The van der Waals surface area contributed by atoms with Crippen LogP contribution in [0.1, 0.15) is 28.7 Å². The SMILES string of the molecule is COc1ccc([C@@H]2[C@@H](C(N)=O)[NH+]3C=Cc4ccccc4[C@@H]3C2(C#N)C#N)cc1OC. The molecule has 4 atom stereocenters. The largest absolute Gasteiger partial charge is 0.493 e. The van der Waals surface area contributed by atoms with Crippen LogP contribution in [0.15, 0.2) is 48.7 Å². The third kappa shape index (κ3) is 2.57. The molecule has 0 radical (unpaired) electrons. The number of nitrogens with zero attached hydrogens (tertiary/aromatic N) is 2. The quantitative estimate of drug-likeness (QED) is 0.802. The summed E-state index contributed by atoms with van der Waals surface area (Å²) in [6.07, 6.45) is 3.75. The summed E-state index contributed by atoms with van der Waals surface area (Å²) in [7, 11) is 3.04. The fourth-order valence-electron chi connectivity index (χ4n) is 4.94. The first-order chi connectivity index (χ1) is 14.5. The summed E-state index contributed by atoms with van der Waals surface area (Å²) < 4.78 is 10.7. The van der Waals surface area contributed by atoms with E-state index in [4.69, 9.17) is 15.2 Å². The van der Waals surface area contributed by atoms with E-state index in [1.807, 2.05) is 36.5 Å². The van der Waals surface area contributed by atoms with Crippen molar-refractivity contribution in [1.82, 2.24) is 0 Å². The Kier molecular flexibility index (Phi) is 4.69. The summed E-state index contributed by atoms with van der Waals surface area (Å²) in [6, 6.07) is 16.0. The van der Waals surface area contributed by atoms with Crippen molar-refractivity contribution in [2.24, 2.45) is 11.1 Å². The molecule has 1 amide bonds. The van der Waals surface area contributed by atoms with Crippen LogP contribution in [0, 0.1) is 28.1 Å². The molecule has 0 saturated carbocycles. The number of fused-ring (bicyclic) bond motifs is 3. The highest BCUT2D eigenvalue weighted by molar-refractivity contribution is 5.81. The second-order valence-corrected chi connectivity index (χ2v) is 7.46. The highest BCUT2D eigenvalue weighted by atomic mass is 16.5. The van der Waals surface area contributed by atoms with Gasteiger partial charge in [0.05, 0.1) is 38.5 Å². The Morgan fingerprint density at radius 2 is 1.80 bits per heavy atom. The number of hydrogen-bond acceptors (Lipinski definition) is 5. The average Bonchev–Trinajstić information content (AvgIpc) is 3.09. The molecule has 7 heteroatoms. The van der Waals surface area contributed by atoms with Crippen molar-refractivity contribution in [3.8, 4) is 23.6 Å². The van der Waals surface area contributed by atoms with Crippen LogP contribution in [0.3, 0.4) is 0 Å². The number of hydrogen-bond donors (Lipinski definition) is 2. The molecule has 7 nitrogen and oxygen atoms in total. The first kappa shape index (κ1) is 19.5. The number of amides is 1. The molecule has 2 heterocycles. The molecule has 150 valence electrons. The van der Waals surface area contributed by atoms with Gasteiger partial charge in [0.15, 0.2) is 23.6 Å². The van der Waals surface area contributed by atoms with Gasteiger partial charge in [0.2, 0.25) is 5.41 Å². The van der Waals surface area contributed by atoms with Gasteiger partial charge in [0, 0.05) is 5.56 Å². The molecule has 0 spiro atoms. The summed E-state index contributed by atoms with van der Waals surface area (Å²) in [5, 5.41) is 20.6. The van der Waals surface area contributed by atoms with E-state index in [9.17, 15) is 15.3 Å². The average molecular weight is 401 g/mol. The summed E-state index contributed by atoms with van der Waals surface area (Å²) >= 11 is 0. The van der Waals surface area contributed by atoms with Crippen molar-refractivity contribution in [1.29, 1.82) is 10.5 Å². The smallest absolute Gasteiger partial charge is 0.276 e. The molecule has 1 saturated heterocycles. The third-order valence-corrected chi connectivity index (χ3v) is 6.18. The Hall–Kier alpha value is -3.81. The van der Waals surface area contributed by atoms with Gasteiger partial charge in [-0.05, 0) is 29.3 Å². The second-order valence-electron chi connectivity index (χ2n) is 7.46. The molecule has 2 aliphatic heterocycles. The lowest BCUT2D eigenvalue weighted by atomic mass is 9.68. The fourth-order valence-corrected chi connectivity index (χ4v) is 4.94. The fraction of sp³-hybridized carbons (Fsp3) is 0.261. The number of carbonyl (C=O) groups excluding carboxylic acids is 1. The van der Waals surface area contributed by atoms with Gasteiger partial charge in [0.1, 0.15) is 0 Å². The van der Waals surface area contributed by atoms with Crippen LogP contribution < -0.4 is 20.1 Å². The number of ether oxygens (including phenoxy) is 2. The lowest BCUT2D eigenvalue weighted by Gasteiger charge is -2.29. The Labute approximate surface area is 174 Å². The van der Waals surface area contributed by atoms with Crippen LogP contribution in [0.25, 0.3) is 6.08 Å². The molecule has 2 aromatic rings. The maximum atomic E-state index is 12.6. The van der Waals surface area contributed by atoms with E-state index in [1.165, 1.54) is 14.2 Å². The van der Waals surface area contributed by atoms with Crippen molar-refractivity contribution >= 4 is 12.0 Å². The molecule has 3 N–H and O–H groups in total. The minimum absolute atomic E-state index is 0.457. The van der Waals surface area contributed by atoms with Crippen LogP contribution in [0.5, 0.6) is 11.5 Å². The number of nitrogens with one attached hydrogen (secondary N) is 1. The van der Waals surface area contributed by atoms with Gasteiger partial charge in [-0.15, -0.1) is 0 Å². The first-order valence-electron chi connectivity index (χ1n) is 9.49. The number of nitrogens with two attached hydrogens (primary N) is 1. The van der Waals surface area contributed by atoms with E-state index < -0.39 is 29.3 Å². The third-order valence-electron chi connectivity index (χ3n) is 6.18. The molecule has 4 rings (SSSR count). The Bertz CT molecular complexity index is 1110. The highest BCUT2D eigenvalue weighted by Crippen LogP contribution is 2.52. The van der Waals surface area contributed by atoms with E-state index in [-0.39, 0.29) is 0 Å². The van der Waals surface area contributed by atoms with Gasteiger partial charge in [-0.1, -0.05) is 30.3 Å². The van der Waals surface area contributed by atoms with E-state index in [2.05, 4.69) is 12.1 Å². The number of benzene rings is 2. The topological polar surface area (TPSA) is 114 Å². The summed E-state index contributed by atoms with van der Waals surface area (Å²) in [4.78, 5) is 13.3. The maximum absolute atomic E-state index is 12.6. The van der Waals surface area contributed by atoms with E-state index in [0.29, 0.717) is 22.0 Å². The number of primary amides is 1. The van der Waals surface area contributed by atoms with Crippen molar-refractivity contribution in [2.75, 3.05) is 14.2 Å². The van der Waals surface area contributed by atoms with Crippen LogP contribution in [0.2, 0.25) is 0 Å². The molecular formula is C23H21N4O3+. The number of rotatable bonds is 4. The first-order valence-corrected chi connectivity index (χ1v) is 9.49.